The number of ether oxygens (including phenoxy) is 4. The number of nitrogens with one attached hydrogen (secondary N) is 1. The summed E-state index contributed by atoms with van der Waals surface area (Å²) in [5, 5.41) is 17.3. The quantitative estimate of drug-likeness (QED) is 0.627. The van der Waals surface area contributed by atoms with Crippen LogP contribution in [0.3, 0.4) is 0 Å². The maximum atomic E-state index is 9.92. The molecule has 158 valence electrons. The zero-order chi connectivity index (χ0) is 22.0. The summed E-state index contributed by atoms with van der Waals surface area (Å²) in [6.45, 7) is 2.52. The largest absolute Gasteiger partial charge is 0.494 e. The number of nitrogens with zero attached hydrogens (tertiary/aromatic N) is 2. The number of nitriles is 1. The van der Waals surface area contributed by atoms with E-state index in [2.05, 4.69) is 16.3 Å². The molecule has 4 rings (SSSR count). The number of methoxy groups -OCH3 is 2. The van der Waals surface area contributed by atoms with Crippen LogP contribution in [0.15, 0.2) is 53.9 Å². The van der Waals surface area contributed by atoms with Crippen LogP contribution >= 0.6 is 0 Å². The Kier molecular flexibility index (Phi) is 5.41. The van der Waals surface area contributed by atoms with Crippen LogP contribution in [0, 0.1) is 11.3 Å². The molecule has 8 nitrogen and oxygen atoms in total. The Morgan fingerprint density at radius 3 is 2.58 bits per heavy atom. The molecule has 0 aliphatic carbocycles. The van der Waals surface area contributed by atoms with Gasteiger partial charge in [0.1, 0.15) is 17.4 Å². The molecule has 0 saturated heterocycles. The number of hydrogen-bond acceptors (Lipinski definition) is 7. The highest BCUT2D eigenvalue weighted by Gasteiger charge is 2.37. The van der Waals surface area contributed by atoms with Gasteiger partial charge >= 0.3 is 0 Å². The van der Waals surface area contributed by atoms with Gasteiger partial charge in [-0.05, 0) is 37.3 Å². The number of allylic oxidation sites excluding steroid dienone is 1. The van der Waals surface area contributed by atoms with Crippen molar-refractivity contribution in [3.63, 3.8) is 0 Å². The minimum Gasteiger partial charge on any atom is -0.494 e. The number of rotatable bonds is 6. The average Bonchev–Trinajstić information content (AvgIpc) is 3.21. The van der Waals surface area contributed by atoms with Crippen LogP contribution in [-0.2, 0) is 0 Å². The maximum Gasteiger partial charge on any atom is 0.244 e. The summed E-state index contributed by atoms with van der Waals surface area (Å²) in [5.41, 5.74) is 9.36. The summed E-state index contributed by atoms with van der Waals surface area (Å²) < 4.78 is 22.3. The SMILES string of the molecule is CCOc1ccc(-c2[nH]nc3c2[C@@H](c2cccc(OC)c2OC)C(C#N)=C(N)O3)cc1. The zero-order valence-corrected chi connectivity index (χ0v) is 17.4. The predicted octanol–water partition coefficient (Wildman–Crippen LogP) is 3.71. The van der Waals surface area contributed by atoms with Crippen molar-refractivity contribution in [1.82, 2.24) is 10.2 Å². The molecule has 1 aliphatic rings. The third-order valence-electron chi connectivity index (χ3n) is 5.14. The lowest BCUT2D eigenvalue weighted by atomic mass is 9.82. The fourth-order valence-corrected chi connectivity index (χ4v) is 3.80. The average molecular weight is 418 g/mol. The van der Waals surface area contributed by atoms with E-state index in [9.17, 15) is 5.26 Å². The lowest BCUT2D eigenvalue weighted by molar-refractivity contribution is 0.340. The number of nitrogens with two attached hydrogens (primary N) is 1. The molecule has 0 spiro atoms. The Labute approximate surface area is 179 Å². The predicted molar refractivity (Wildman–Crippen MR) is 114 cm³/mol. The van der Waals surface area contributed by atoms with Crippen molar-refractivity contribution in [2.45, 2.75) is 12.8 Å². The molecule has 8 heteroatoms. The summed E-state index contributed by atoms with van der Waals surface area (Å²) in [4.78, 5) is 0. The molecule has 1 aliphatic heterocycles. The summed E-state index contributed by atoms with van der Waals surface area (Å²) in [5.74, 6) is 1.60. The molecule has 0 saturated carbocycles. The topological polar surface area (TPSA) is 115 Å². The molecule has 3 N–H and O–H groups in total. The van der Waals surface area contributed by atoms with Crippen LogP contribution in [0.25, 0.3) is 11.3 Å². The van der Waals surface area contributed by atoms with Gasteiger partial charge in [0.15, 0.2) is 11.5 Å². The monoisotopic (exact) mass is 418 g/mol. The van der Waals surface area contributed by atoms with E-state index in [1.165, 1.54) is 0 Å². The van der Waals surface area contributed by atoms with Gasteiger partial charge in [0, 0.05) is 11.1 Å². The molecule has 0 bridgehead atoms. The maximum absolute atomic E-state index is 9.92. The number of aromatic amines is 1. The first-order valence-electron chi connectivity index (χ1n) is 9.72. The second kappa shape index (κ2) is 8.32. The van der Waals surface area contributed by atoms with E-state index >= 15 is 0 Å². The van der Waals surface area contributed by atoms with Crippen LogP contribution < -0.4 is 24.7 Å². The molecule has 0 unspecified atom stereocenters. The number of para-hydroxylation sites is 1. The first-order valence-corrected chi connectivity index (χ1v) is 9.72. The van der Waals surface area contributed by atoms with E-state index in [0.29, 0.717) is 35.2 Å². The van der Waals surface area contributed by atoms with E-state index in [0.717, 1.165) is 16.9 Å². The first-order chi connectivity index (χ1) is 15.1. The van der Waals surface area contributed by atoms with Gasteiger partial charge in [-0.2, -0.15) is 5.26 Å². The summed E-state index contributed by atoms with van der Waals surface area (Å²) in [6.07, 6.45) is 0. The lowest BCUT2D eigenvalue weighted by Crippen LogP contribution is -2.21. The molecule has 2 aromatic carbocycles. The molecule has 1 aromatic heterocycles. The Morgan fingerprint density at radius 2 is 1.94 bits per heavy atom. The highest BCUT2D eigenvalue weighted by molar-refractivity contribution is 5.72. The fraction of sp³-hybridized carbons (Fsp3) is 0.217. The second-order valence-electron chi connectivity index (χ2n) is 6.78. The molecule has 0 radical (unpaired) electrons. The van der Waals surface area contributed by atoms with Crippen molar-refractivity contribution in [1.29, 1.82) is 5.26 Å². The lowest BCUT2D eigenvalue weighted by Gasteiger charge is -2.26. The van der Waals surface area contributed by atoms with Crippen LogP contribution in [0.2, 0.25) is 0 Å². The smallest absolute Gasteiger partial charge is 0.244 e. The van der Waals surface area contributed by atoms with Crippen LogP contribution in [0.4, 0.5) is 0 Å². The van der Waals surface area contributed by atoms with E-state index in [1.807, 2.05) is 43.3 Å². The second-order valence-corrected chi connectivity index (χ2v) is 6.78. The van der Waals surface area contributed by atoms with Crippen molar-refractivity contribution >= 4 is 0 Å². The van der Waals surface area contributed by atoms with E-state index < -0.39 is 5.92 Å². The van der Waals surface area contributed by atoms with Crippen LogP contribution in [0.1, 0.15) is 24.0 Å². The summed E-state index contributed by atoms with van der Waals surface area (Å²) in [7, 11) is 3.12. The number of fused-ring (bicyclic) bond motifs is 1. The number of aromatic nitrogens is 2. The Hall–Kier alpha value is -4.12. The third kappa shape index (κ3) is 3.40. The highest BCUT2D eigenvalue weighted by Crippen LogP contribution is 2.49. The standard InChI is InChI=1S/C23H22N4O4/c1-4-30-14-10-8-13(9-11-14)20-19-18(15-6-5-7-17(28-2)21(15)29-3)16(12-24)22(25)31-23(19)27-26-20/h5-11,18H,4,25H2,1-3H3,(H,26,27)/t18-/m0/s1. The van der Waals surface area contributed by atoms with Crippen molar-refractivity contribution in [2.75, 3.05) is 20.8 Å². The van der Waals surface area contributed by atoms with Gasteiger partial charge < -0.3 is 24.7 Å². The summed E-state index contributed by atoms with van der Waals surface area (Å²) >= 11 is 0. The number of hydrogen-bond donors (Lipinski definition) is 2. The Bertz CT molecular complexity index is 1180. The van der Waals surface area contributed by atoms with E-state index in [-0.39, 0.29) is 11.5 Å². The van der Waals surface area contributed by atoms with Crippen LogP contribution in [-0.4, -0.2) is 31.0 Å². The van der Waals surface area contributed by atoms with E-state index in [1.54, 1.807) is 20.3 Å². The molecule has 31 heavy (non-hydrogen) atoms. The molecule has 0 amide bonds. The third-order valence-corrected chi connectivity index (χ3v) is 5.14. The molecule has 3 aromatic rings. The van der Waals surface area contributed by atoms with Gasteiger partial charge in [0.25, 0.3) is 0 Å². The Balaban J connectivity index is 1.92. The van der Waals surface area contributed by atoms with Crippen LogP contribution in [0.5, 0.6) is 23.1 Å². The van der Waals surface area contributed by atoms with Gasteiger partial charge in [0.2, 0.25) is 11.8 Å². The minimum absolute atomic E-state index is 0.00890. The van der Waals surface area contributed by atoms with Gasteiger partial charge in [0.05, 0.1) is 38.0 Å². The molecule has 0 fully saturated rings. The highest BCUT2D eigenvalue weighted by atomic mass is 16.5. The first kappa shape index (κ1) is 20.2. The summed E-state index contributed by atoms with van der Waals surface area (Å²) in [6, 6.07) is 15.3. The van der Waals surface area contributed by atoms with Gasteiger partial charge in [-0.1, -0.05) is 12.1 Å². The molecular formula is C23H22N4O4. The van der Waals surface area contributed by atoms with Gasteiger partial charge in [-0.3, -0.25) is 5.10 Å². The fourth-order valence-electron chi connectivity index (χ4n) is 3.80. The number of H-pyrrole nitrogens is 1. The zero-order valence-electron chi connectivity index (χ0n) is 17.4. The Morgan fingerprint density at radius 1 is 1.16 bits per heavy atom. The number of benzene rings is 2. The molecule has 2 heterocycles. The van der Waals surface area contributed by atoms with Crippen molar-refractivity contribution in [3.05, 3.63) is 65.0 Å². The van der Waals surface area contributed by atoms with Crippen molar-refractivity contribution < 1.29 is 18.9 Å². The molecular weight excluding hydrogens is 396 g/mol. The van der Waals surface area contributed by atoms with E-state index in [4.69, 9.17) is 24.7 Å². The minimum atomic E-state index is -0.556. The molecule has 1 atom stereocenters. The van der Waals surface area contributed by atoms with Crippen molar-refractivity contribution in [2.24, 2.45) is 5.73 Å². The normalized spacial score (nSPS) is 15.0. The van der Waals surface area contributed by atoms with Gasteiger partial charge in [-0.15, -0.1) is 5.10 Å². The van der Waals surface area contributed by atoms with Gasteiger partial charge in [-0.25, -0.2) is 0 Å². The van der Waals surface area contributed by atoms with Crippen molar-refractivity contribution in [3.8, 4) is 40.5 Å².